The number of nitrogens with one attached hydrogen (secondary N) is 1. The topological polar surface area (TPSA) is 85.4 Å². The summed E-state index contributed by atoms with van der Waals surface area (Å²) in [5, 5.41) is 12.7. The highest BCUT2D eigenvalue weighted by Crippen LogP contribution is 2.47. The average molecular weight is 671 g/mol. The number of ether oxygens (including phenoxy) is 1. The Kier molecular flexibility index (Phi) is 9.30. The van der Waals surface area contributed by atoms with E-state index in [9.17, 15) is 14.7 Å². The van der Waals surface area contributed by atoms with Crippen LogP contribution in [0.5, 0.6) is 11.5 Å². The summed E-state index contributed by atoms with van der Waals surface area (Å²) < 4.78 is 6.17. The van der Waals surface area contributed by atoms with Crippen LogP contribution in [0, 0.1) is 0 Å². The van der Waals surface area contributed by atoms with E-state index in [-0.39, 0.29) is 35.3 Å². The van der Waals surface area contributed by atoms with E-state index in [1.807, 2.05) is 12.1 Å². The summed E-state index contributed by atoms with van der Waals surface area (Å²) >= 11 is 0. The summed E-state index contributed by atoms with van der Waals surface area (Å²) in [5.41, 5.74) is 7.20. The van der Waals surface area contributed by atoms with Gasteiger partial charge in [0.1, 0.15) is 11.5 Å². The molecule has 4 aliphatic heterocycles. The molecule has 0 aromatic heterocycles. The molecule has 0 spiro atoms. The van der Waals surface area contributed by atoms with E-state index in [2.05, 4.69) is 92.8 Å². The zero-order valence-corrected chi connectivity index (χ0v) is 28.5. The standard InChI is InChI=1S/C42H46N4O4/c47-34-14-15-37-39(26-34)50-28-38(29-6-2-1-3-7-29)41(37)30-10-12-32(13-11-30)45-20-18-33(19-21-45)46-24-22-44(23-25-46)27-31-8-4-5-9-35(31)36-16-17-40(48)43-42(36)49/h1-15,26,33,36,38,41,47H,16-25,27-28H2,(H,43,48,49). The van der Waals surface area contributed by atoms with Crippen LogP contribution in [0.3, 0.4) is 0 Å². The fraction of sp³-hybridized carbons (Fsp3) is 0.381. The number of piperazine rings is 1. The molecule has 2 N–H and O–H groups in total. The molecule has 3 atom stereocenters. The molecule has 4 aliphatic rings. The van der Waals surface area contributed by atoms with Crippen molar-refractivity contribution >= 4 is 17.5 Å². The highest BCUT2D eigenvalue weighted by Gasteiger charge is 2.35. The Balaban J connectivity index is 0.873. The monoisotopic (exact) mass is 670 g/mol. The molecule has 4 heterocycles. The summed E-state index contributed by atoms with van der Waals surface area (Å²) in [5.74, 6) is 0.763. The Morgan fingerprint density at radius 1 is 0.740 bits per heavy atom. The maximum atomic E-state index is 12.6. The summed E-state index contributed by atoms with van der Waals surface area (Å²) in [4.78, 5) is 32.0. The van der Waals surface area contributed by atoms with Crippen molar-refractivity contribution in [3.8, 4) is 11.5 Å². The first kappa shape index (κ1) is 32.5. The number of phenolic OH excluding ortho intramolecular Hbond substituents is 1. The fourth-order valence-corrected chi connectivity index (χ4v) is 8.72. The van der Waals surface area contributed by atoms with Gasteiger partial charge in [-0.1, -0.05) is 72.8 Å². The second kappa shape index (κ2) is 14.3. The molecule has 3 fully saturated rings. The van der Waals surface area contributed by atoms with E-state index in [1.165, 1.54) is 22.4 Å². The number of nitrogens with zero attached hydrogens (tertiary/aromatic N) is 3. The van der Waals surface area contributed by atoms with E-state index in [1.54, 1.807) is 12.1 Å². The lowest BCUT2D eigenvalue weighted by Crippen LogP contribution is -2.53. The minimum absolute atomic E-state index is 0.145. The van der Waals surface area contributed by atoms with Crippen molar-refractivity contribution in [2.75, 3.05) is 50.8 Å². The Bertz CT molecular complexity index is 1810. The lowest BCUT2D eigenvalue weighted by molar-refractivity contribution is -0.134. The third-order valence-corrected chi connectivity index (χ3v) is 11.4. The predicted octanol–water partition coefficient (Wildman–Crippen LogP) is 6.01. The number of imide groups is 1. The lowest BCUT2D eigenvalue weighted by atomic mass is 9.76. The molecule has 258 valence electrons. The van der Waals surface area contributed by atoms with Crippen LogP contribution in [-0.2, 0) is 16.1 Å². The first-order valence-electron chi connectivity index (χ1n) is 18.2. The van der Waals surface area contributed by atoms with E-state index in [4.69, 9.17) is 4.74 Å². The van der Waals surface area contributed by atoms with Gasteiger partial charge >= 0.3 is 0 Å². The van der Waals surface area contributed by atoms with Crippen LogP contribution in [0.1, 0.15) is 71.3 Å². The number of carbonyl (C=O) groups is 2. The smallest absolute Gasteiger partial charge is 0.234 e. The summed E-state index contributed by atoms with van der Waals surface area (Å²) in [6.45, 7) is 7.67. The highest BCUT2D eigenvalue weighted by atomic mass is 16.5. The van der Waals surface area contributed by atoms with Gasteiger partial charge in [-0.3, -0.25) is 24.7 Å². The van der Waals surface area contributed by atoms with Crippen molar-refractivity contribution in [3.63, 3.8) is 0 Å². The van der Waals surface area contributed by atoms with Gasteiger partial charge in [0.05, 0.1) is 12.5 Å². The minimum Gasteiger partial charge on any atom is -0.508 e. The third kappa shape index (κ3) is 6.74. The number of phenols is 1. The quantitative estimate of drug-likeness (QED) is 0.233. The molecule has 0 radical (unpaired) electrons. The molecule has 8 rings (SSSR count). The number of hydrogen-bond acceptors (Lipinski definition) is 7. The van der Waals surface area contributed by atoms with Crippen LogP contribution in [0.25, 0.3) is 0 Å². The molecule has 0 bridgehead atoms. The molecule has 2 amide bonds. The van der Waals surface area contributed by atoms with E-state index >= 15 is 0 Å². The number of aromatic hydroxyl groups is 1. The van der Waals surface area contributed by atoms with Crippen LogP contribution in [0.15, 0.2) is 97.1 Å². The molecule has 4 aromatic carbocycles. The predicted molar refractivity (Wildman–Crippen MR) is 195 cm³/mol. The minimum atomic E-state index is -0.244. The van der Waals surface area contributed by atoms with Crippen molar-refractivity contribution in [2.24, 2.45) is 0 Å². The fourth-order valence-electron chi connectivity index (χ4n) is 8.72. The van der Waals surface area contributed by atoms with Gasteiger partial charge in [-0.25, -0.2) is 0 Å². The number of hydrogen-bond donors (Lipinski definition) is 2. The van der Waals surface area contributed by atoms with E-state index in [0.717, 1.165) is 75.5 Å². The molecular formula is C42H46N4O4. The zero-order valence-electron chi connectivity index (χ0n) is 28.5. The van der Waals surface area contributed by atoms with Gasteiger partial charge in [-0.2, -0.15) is 0 Å². The Hall–Kier alpha value is -4.66. The van der Waals surface area contributed by atoms with Crippen molar-refractivity contribution < 1.29 is 19.4 Å². The Morgan fingerprint density at radius 3 is 2.24 bits per heavy atom. The largest absolute Gasteiger partial charge is 0.508 e. The second-order valence-electron chi connectivity index (χ2n) is 14.4. The molecular weight excluding hydrogens is 624 g/mol. The molecule has 4 aromatic rings. The number of benzene rings is 4. The highest BCUT2D eigenvalue weighted by molar-refractivity contribution is 6.01. The SMILES string of the molecule is O=C1CCC(c2ccccc2CN2CCN(C3CCN(c4ccc(C5c6ccc(O)cc6OCC5c5ccccc5)cc4)CC3)CC2)C(=O)N1. The van der Waals surface area contributed by atoms with Crippen molar-refractivity contribution in [1.82, 2.24) is 15.1 Å². The zero-order chi connectivity index (χ0) is 34.0. The first-order chi connectivity index (χ1) is 24.5. The molecule has 50 heavy (non-hydrogen) atoms. The van der Waals surface area contributed by atoms with Crippen LogP contribution >= 0.6 is 0 Å². The normalized spacial score (nSPS) is 23.6. The van der Waals surface area contributed by atoms with Gasteiger partial charge in [-0.15, -0.1) is 0 Å². The first-order valence-corrected chi connectivity index (χ1v) is 18.2. The van der Waals surface area contributed by atoms with Crippen molar-refractivity contribution in [1.29, 1.82) is 0 Å². The van der Waals surface area contributed by atoms with Gasteiger partial charge in [0.2, 0.25) is 11.8 Å². The van der Waals surface area contributed by atoms with Crippen LogP contribution in [0.4, 0.5) is 5.69 Å². The number of piperidine rings is 2. The lowest BCUT2D eigenvalue weighted by Gasteiger charge is -2.43. The van der Waals surface area contributed by atoms with E-state index < -0.39 is 0 Å². The number of anilines is 1. The molecule has 0 aliphatic carbocycles. The maximum absolute atomic E-state index is 12.6. The van der Waals surface area contributed by atoms with Gasteiger partial charge in [0, 0.05) is 87.4 Å². The number of carbonyl (C=O) groups excluding carboxylic acids is 2. The maximum Gasteiger partial charge on any atom is 0.234 e. The second-order valence-corrected chi connectivity index (χ2v) is 14.4. The van der Waals surface area contributed by atoms with Crippen LogP contribution < -0.4 is 15.0 Å². The number of amides is 2. The van der Waals surface area contributed by atoms with Crippen molar-refractivity contribution in [3.05, 3.63) is 125 Å². The van der Waals surface area contributed by atoms with Crippen molar-refractivity contribution in [2.45, 2.75) is 56.0 Å². The third-order valence-electron chi connectivity index (χ3n) is 11.4. The summed E-state index contributed by atoms with van der Waals surface area (Å²) in [7, 11) is 0. The molecule has 0 saturated carbocycles. The Labute approximate surface area is 294 Å². The molecule has 3 saturated heterocycles. The van der Waals surface area contributed by atoms with E-state index in [0.29, 0.717) is 25.5 Å². The average Bonchev–Trinajstić information content (AvgIpc) is 3.15. The molecule has 3 unspecified atom stereocenters. The van der Waals surface area contributed by atoms with Gasteiger partial charge < -0.3 is 14.7 Å². The van der Waals surface area contributed by atoms with Gasteiger partial charge in [0.25, 0.3) is 0 Å². The van der Waals surface area contributed by atoms with Gasteiger partial charge in [-0.05, 0) is 59.7 Å². The number of rotatable bonds is 7. The molecule has 8 nitrogen and oxygen atoms in total. The summed E-state index contributed by atoms with van der Waals surface area (Å²) in [6.07, 6.45) is 3.31. The van der Waals surface area contributed by atoms with Crippen LogP contribution in [0.2, 0.25) is 0 Å². The Morgan fingerprint density at radius 2 is 1.48 bits per heavy atom. The molecule has 8 heteroatoms. The number of fused-ring (bicyclic) bond motifs is 1. The van der Waals surface area contributed by atoms with Gasteiger partial charge in [0.15, 0.2) is 0 Å². The summed E-state index contributed by atoms with van der Waals surface area (Å²) in [6, 6.07) is 34.2. The van der Waals surface area contributed by atoms with Crippen LogP contribution in [-0.4, -0.2) is 78.6 Å².